The van der Waals surface area contributed by atoms with Crippen molar-refractivity contribution in [2.75, 3.05) is 19.7 Å². The van der Waals surface area contributed by atoms with Crippen LogP contribution in [0, 0.1) is 11.8 Å². The van der Waals surface area contributed by atoms with Gasteiger partial charge in [0.25, 0.3) is 0 Å². The van der Waals surface area contributed by atoms with E-state index < -0.39 is 0 Å². The number of alkyl carbamates (subject to hydrolysis) is 1. The fourth-order valence-corrected chi connectivity index (χ4v) is 2.24. The summed E-state index contributed by atoms with van der Waals surface area (Å²) in [4.78, 5) is 11.5. The van der Waals surface area contributed by atoms with Crippen molar-refractivity contribution in [2.45, 2.75) is 32.2 Å². The minimum atomic E-state index is -0.242. The summed E-state index contributed by atoms with van der Waals surface area (Å²) < 4.78 is 5.13. The molecule has 4 nitrogen and oxygen atoms in total. The Kier molecular flexibility index (Phi) is 2.87. The predicted octanol–water partition coefficient (Wildman–Crippen LogP) is 1.12. The van der Waals surface area contributed by atoms with Gasteiger partial charge in [0.1, 0.15) is 0 Å². The monoisotopic (exact) mass is 212 g/mol. The van der Waals surface area contributed by atoms with Gasteiger partial charge in [-0.3, -0.25) is 0 Å². The van der Waals surface area contributed by atoms with E-state index in [-0.39, 0.29) is 11.6 Å². The van der Waals surface area contributed by atoms with Gasteiger partial charge in [0, 0.05) is 12.1 Å². The van der Waals surface area contributed by atoms with Gasteiger partial charge < -0.3 is 15.4 Å². The van der Waals surface area contributed by atoms with Crippen LogP contribution in [-0.4, -0.2) is 31.3 Å². The predicted molar refractivity (Wildman–Crippen MR) is 57.6 cm³/mol. The second-order valence-electron chi connectivity index (χ2n) is 5.13. The Balaban J connectivity index is 1.75. The molecule has 0 bridgehead atoms. The van der Waals surface area contributed by atoms with Gasteiger partial charge in [-0.25, -0.2) is 4.79 Å². The Morgan fingerprint density at radius 1 is 1.67 bits per heavy atom. The summed E-state index contributed by atoms with van der Waals surface area (Å²) >= 11 is 0. The third-order valence-electron chi connectivity index (χ3n) is 3.27. The van der Waals surface area contributed by atoms with Gasteiger partial charge in [-0.05, 0) is 31.2 Å². The Morgan fingerprint density at radius 3 is 3.13 bits per heavy atom. The molecule has 2 unspecified atom stereocenters. The Bertz CT molecular complexity index is 255. The van der Waals surface area contributed by atoms with Gasteiger partial charge in [0.2, 0.25) is 0 Å². The van der Waals surface area contributed by atoms with Crippen LogP contribution in [0.5, 0.6) is 0 Å². The number of carbonyl (C=O) groups is 1. The van der Waals surface area contributed by atoms with Crippen LogP contribution >= 0.6 is 0 Å². The summed E-state index contributed by atoms with van der Waals surface area (Å²) in [5.41, 5.74) is 0.0688. The fourth-order valence-electron chi connectivity index (χ4n) is 2.24. The molecule has 2 atom stereocenters. The molecule has 1 amide bonds. The summed E-state index contributed by atoms with van der Waals surface area (Å²) in [5, 5.41) is 6.36. The lowest BCUT2D eigenvalue weighted by molar-refractivity contribution is 0.125. The molecule has 2 N–H and O–H groups in total. The van der Waals surface area contributed by atoms with Gasteiger partial charge in [-0.2, -0.15) is 0 Å². The van der Waals surface area contributed by atoms with Gasteiger partial charge >= 0.3 is 6.09 Å². The third-order valence-corrected chi connectivity index (χ3v) is 3.27. The maximum atomic E-state index is 11.5. The molecule has 2 fully saturated rings. The van der Waals surface area contributed by atoms with E-state index in [1.807, 2.05) is 13.8 Å². The number of carbonyl (C=O) groups excluding carboxylic acids is 1. The molecule has 1 aliphatic carbocycles. The number of nitrogens with one attached hydrogen (secondary N) is 2. The minimum Gasteiger partial charge on any atom is -0.449 e. The molecule has 86 valence electrons. The number of rotatable bonds is 3. The van der Waals surface area contributed by atoms with Crippen LogP contribution in [-0.2, 0) is 4.74 Å². The van der Waals surface area contributed by atoms with Gasteiger partial charge in [-0.15, -0.1) is 0 Å². The molecule has 0 aromatic rings. The van der Waals surface area contributed by atoms with Crippen molar-refractivity contribution >= 4 is 6.09 Å². The van der Waals surface area contributed by atoms with Crippen molar-refractivity contribution in [1.29, 1.82) is 0 Å². The zero-order valence-corrected chi connectivity index (χ0v) is 9.51. The zero-order chi connectivity index (χ0) is 10.9. The maximum absolute atomic E-state index is 11.5. The van der Waals surface area contributed by atoms with Gasteiger partial charge in [0.15, 0.2) is 0 Å². The van der Waals surface area contributed by atoms with Crippen molar-refractivity contribution in [3.8, 4) is 0 Å². The van der Waals surface area contributed by atoms with Crippen molar-refractivity contribution in [1.82, 2.24) is 10.6 Å². The van der Waals surface area contributed by atoms with Crippen LogP contribution in [0.3, 0.4) is 0 Å². The van der Waals surface area contributed by atoms with E-state index in [2.05, 4.69) is 10.6 Å². The Morgan fingerprint density at radius 2 is 2.47 bits per heavy atom. The second-order valence-corrected chi connectivity index (χ2v) is 5.13. The molecule has 0 radical (unpaired) electrons. The quantitative estimate of drug-likeness (QED) is 0.737. The van der Waals surface area contributed by atoms with Crippen molar-refractivity contribution < 1.29 is 9.53 Å². The first-order valence-electron chi connectivity index (χ1n) is 5.78. The van der Waals surface area contributed by atoms with Crippen LogP contribution in [0.15, 0.2) is 0 Å². The Hall–Kier alpha value is -0.770. The lowest BCUT2D eigenvalue weighted by Crippen LogP contribution is -2.45. The molecule has 2 rings (SSSR count). The lowest BCUT2D eigenvalue weighted by atomic mass is 10.1. The number of amides is 1. The molecule has 15 heavy (non-hydrogen) atoms. The molecule has 1 saturated carbocycles. The first kappa shape index (κ1) is 10.7. The molecular formula is C11H20N2O2. The zero-order valence-electron chi connectivity index (χ0n) is 9.51. The average molecular weight is 212 g/mol. The highest BCUT2D eigenvalue weighted by atomic mass is 16.5. The summed E-state index contributed by atoms with van der Waals surface area (Å²) in [6.45, 7) is 6.61. The smallest absolute Gasteiger partial charge is 0.407 e. The van der Waals surface area contributed by atoms with E-state index in [0.717, 1.165) is 25.9 Å². The Labute approximate surface area is 90.8 Å². The van der Waals surface area contributed by atoms with Crippen LogP contribution in [0.25, 0.3) is 0 Å². The molecule has 1 heterocycles. The number of fused-ring (bicyclic) bond motifs is 1. The summed E-state index contributed by atoms with van der Waals surface area (Å²) in [5.74, 6) is 1.02. The van der Waals surface area contributed by atoms with Crippen molar-refractivity contribution in [2.24, 2.45) is 11.8 Å². The van der Waals surface area contributed by atoms with E-state index in [0.29, 0.717) is 18.4 Å². The molecule has 4 heteroatoms. The average Bonchev–Trinajstić information content (AvgIpc) is 2.88. The number of hydrogen-bond donors (Lipinski definition) is 2. The molecule has 0 aromatic carbocycles. The molecule has 0 spiro atoms. The van der Waals surface area contributed by atoms with Crippen LogP contribution in [0.1, 0.15) is 26.7 Å². The van der Waals surface area contributed by atoms with Crippen LogP contribution < -0.4 is 10.6 Å². The van der Waals surface area contributed by atoms with Crippen molar-refractivity contribution in [3.63, 3.8) is 0 Å². The third kappa shape index (κ3) is 2.43. The number of piperidine rings is 1. The summed E-state index contributed by atoms with van der Waals surface area (Å²) in [7, 11) is 0. The van der Waals surface area contributed by atoms with E-state index in [9.17, 15) is 4.79 Å². The first-order chi connectivity index (χ1) is 7.12. The highest BCUT2D eigenvalue weighted by molar-refractivity contribution is 5.69. The minimum absolute atomic E-state index is 0.0688. The maximum Gasteiger partial charge on any atom is 0.407 e. The normalized spacial score (nSPS) is 33.4. The van der Waals surface area contributed by atoms with Gasteiger partial charge in [0.05, 0.1) is 6.61 Å². The highest BCUT2D eigenvalue weighted by Gasteiger charge is 2.56. The van der Waals surface area contributed by atoms with E-state index in [4.69, 9.17) is 4.74 Å². The summed E-state index contributed by atoms with van der Waals surface area (Å²) in [6, 6.07) is 0. The van der Waals surface area contributed by atoms with E-state index in [1.165, 1.54) is 0 Å². The van der Waals surface area contributed by atoms with E-state index >= 15 is 0 Å². The van der Waals surface area contributed by atoms with Crippen LogP contribution in [0.2, 0.25) is 0 Å². The van der Waals surface area contributed by atoms with Crippen molar-refractivity contribution in [3.05, 3.63) is 0 Å². The van der Waals surface area contributed by atoms with Gasteiger partial charge in [-0.1, -0.05) is 13.8 Å². The topological polar surface area (TPSA) is 50.4 Å². The standard InChI is InChI=1S/C11H20N2O2/c1-8(2)7-15-10(14)13-11-3-4-12-6-9(11)5-11/h8-9,12H,3-7H2,1-2H3,(H,13,14). The number of ether oxygens (including phenoxy) is 1. The number of hydrogen-bond acceptors (Lipinski definition) is 3. The molecule has 1 saturated heterocycles. The lowest BCUT2D eigenvalue weighted by Gasteiger charge is -2.23. The molecular weight excluding hydrogens is 192 g/mol. The SMILES string of the molecule is CC(C)COC(=O)NC12CCNCC1C2. The largest absolute Gasteiger partial charge is 0.449 e. The second kappa shape index (κ2) is 4.00. The molecule has 1 aliphatic heterocycles. The molecule has 2 aliphatic rings. The molecule has 0 aromatic heterocycles. The first-order valence-corrected chi connectivity index (χ1v) is 5.78. The highest BCUT2D eigenvalue weighted by Crippen LogP contribution is 2.47. The summed E-state index contributed by atoms with van der Waals surface area (Å²) in [6.07, 6.45) is 1.90. The fraction of sp³-hybridized carbons (Fsp3) is 0.909. The van der Waals surface area contributed by atoms with Crippen LogP contribution in [0.4, 0.5) is 4.79 Å². The van der Waals surface area contributed by atoms with E-state index in [1.54, 1.807) is 0 Å².